The van der Waals surface area contributed by atoms with E-state index in [1.54, 1.807) is 60.8 Å². The van der Waals surface area contributed by atoms with Crippen LogP contribution in [0.25, 0.3) is 10.8 Å². The van der Waals surface area contributed by atoms with E-state index in [-0.39, 0.29) is 17.3 Å². The predicted octanol–water partition coefficient (Wildman–Crippen LogP) is 4.30. The summed E-state index contributed by atoms with van der Waals surface area (Å²) in [7, 11) is -3.75. The van der Waals surface area contributed by atoms with Crippen LogP contribution in [0.2, 0.25) is 0 Å². The van der Waals surface area contributed by atoms with Gasteiger partial charge in [0, 0.05) is 17.4 Å². The normalized spacial score (nSPS) is 11.2. The highest BCUT2D eigenvalue weighted by atomic mass is 32.2. The van der Waals surface area contributed by atoms with Gasteiger partial charge in [0.1, 0.15) is 5.75 Å². The molecule has 1 heterocycles. The standard InChI is InChI=1S/C23H18N2O4S/c26-23(16-29-21-6-3-13-24-15-21)18-7-10-20(11-8-18)25-30(27,28)22-12-9-17-4-1-2-5-19(17)14-22/h1-15,25H,16H2. The largest absolute Gasteiger partial charge is 0.484 e. The highest BCUT2D eigenvalue weighted by molar-refractivity contribution is 7.92. The number of rotatable bonds is 7. The van der Waals surface area contributed by atoms with E-state index < -0.39 is 10.0 Å². The molecule has 0 radical (unpaired) electrons. The highest BCUT2D eigenvalue weighted by Crippen LogP contribution is 2.22. The number of hydrogen-bond donors (Lipinski definition) is 1. The fourth-order valence-electron chi connectivity index (χ4n) is 2.94. The van der Waals surface area contributed by atoms with Crippen LogP contribution in [0.1, 0.15) is 10.4 Å². The van der Waals surface area contributed by atoms with Gasteiger partial charge in [0.05, 0.1) is 11.1 Å². The quantitative estimate of drug-likeness (QED) is 0.452. The maximum absolute atomic E-state index is 12.7. The lowest BCUT2D eigenvalue weighted by Gasteiger charge is -2.10. The fourth-order valence-corrected chi connectivity index (χ4v) is 4.03. The minimum atomic E-state index is -3.75. The molecule has 0 spiro atoms. The molecule has 150 valence electrons. The van der Waals surface area contributed by atoms with Gasteiger partial charge in [-0.2, -0.15) is 0 Å². The summed E-state index contributed by atoms with van der Waals surface area (Å²) in [6, 6.07) is 22.2. The lowest BCUT2D eigenvalue weighted by Crippen LogP contribution is -2.14. The molecule has 7 heteroatoms. The monoisotopic (exact) mass is 418 g/mol. The second-order valence-electron chi connectivity index (χ2n) is 6.59. The van der Waals surface area contributed by atoms with Crippen molar-refractivity contribution < 1.29 is 17.9 Å². The van der Waals surface area contributed by atoms with Crippen LogP contribution in [-0.2, 0) is 10.0 Å². The number of Topliss-reactive ketones (excluding diaryl/α,β-unsaturated/α-hetero) is 1. The van der Waals surface area contributed by atoms with E-state index in [0.29, 0.717) is 17.0 Å². The maximum atomic E-state index is 12.7. The average molecular weight is 418 g/mol. The minimum absolute atomic E-state index is 0.131. The number of ketones is 1. The lowest BCUT2D eigenvalue weighted by atomic mass is 10.1. The molecule has 0 saturated heterocycles. The number of carbonyl (C=O) groups is 1. The molecule has 0 fully saturated rings. The number of hydrogen-bond acceptors (Lipinski definition) is 5. The second kappa shape index (κ2) is 8.34. The van der Waals surface area contributed by atoms with Gasteiger partial charge < -0.3 is 4.74 Å². The molecule has 6 nitrogen and oxygen atoms in total. The number of nitrogens with one attached hydrogen (secondary N) is 1. The van der Waals surface area contributed by atoms with Crippen molar-refractivity contribution in [1.82, 2.24) is 4.98 Å². The number of anilines is 1. The third-order valence-corrected chi connectivity index (χ3v) is 5.87. The number of sulfonamides is 1. The number of ether oxygens (including phenoxy) is 1. The Hall–Kier alpha value is -3.71. The molecular weight excluding hydrogens is 400 g/mol. The number of benzene rings is 3. The summed E-state index contributed by atoms with van der Waals surface area (Å²) in [5.41, 5.74) is 0.792. The number of nitrogens with zero attached hydrogens (tertiary/aromatic N) is 1. The maximum Gasteiger partial charge on any atom is 0.261 e. The van der Waals surface area contributed by atoms with Crippen LogP contribution in [-0.4, -0.2) is 25.8 Å². The Morgan fingerprint density at radius 2 is 1.67 bits per heavy atom. The van der Waals surface area contributed by atoms with E-state index >= 15 is 0 Å². The van der Waals surface area contributed by atoms with Crippen molar-refractivity contribution in [2.75, 3.05) is 11.3 Å². The summed E-state index contributed by atoms with van der Waals surface area (Å²) in [5, 5.41) is 1.81. The van der Waals surface area contributed by atoms with Crippen molar-refractivity contribution in [1.29, 1.82) is 0 Å². The molecule has 0 aliphatic rings. The van der Waals surface area contributed by atoms with E-state index in [9.17, 15) is 13.2 Å². The Bertz CT molecular complexity index is 1290. The Kier molecular flexibility index (Phi) is 5.45. The van der Waals surface area contributed by atoms with Crippen LogP contribution in [0.5, 0.6) is 5.75 Å². The molecule has 0 saturated carbocycles. The summed E-state index contributed by atoms with van der Waals surface area (Å²) >= 11 is 0. The number of pyridine rings is 1. The molecule has 4 rings (SSSR count). The lowest BCUT2D eigenvalue weighted by molar-refractivity contribution is 0.0921. The topological polar surface area (TPSA) is 85.4 Å². The van der Waals surface area contributed by atoms with Gasteiger partial charge in [0.25, 0.3) is 10.0 Å². The van der Waals surface area contributed by atoms with Gasteiger partial charge >= 0.3 is 0 Å². The molecular formula is C23H18N2O4S. The predicted molar refractivity (Wildman–Crippen MR) is 115 cm³/mol. The summed E-state index contributed by atoms with van der Waals surface area (Å²) in [6.07, 6.45) is 3.14. The smallest absolute Gasteiger partial charge is 0.261 e. The average Bonchev–Trinajstić information content (AvgIpc) is 2.78. The molecule has 1 N–H and O–H groups in total. The van der Waals surface area contributed by atoms with E-state index in [1.807, 2.05) is 24.3 Å². The van der Waals surface area contributed by atoms with Crippen molar-refractivity contribution in [3.63, 3.8) is 0 Å². The molecule has 1 aromatic heterocycles. The first kappa shape index (κ1) is 19.6. The molecule has 0 amide bonds. The van der Waals surface area contributed by atoms with Crippen molar-refractivity contribution in [3.8, 4) is 5.75 Å². The van der Waals surface area contributed by atoms with Crippen molar-refractivity contribution in [2.45, 2.75) is 4.90 Å². The molecule has 0 unspecified atom stereocenters. The summed E-state index contributed by atoms with van der Waals surface area (Å²) in [4.78, 5) is 16.4. The van der Waals surface area contributed by atoms with Crippen molar-refractivity contribution >= 4 is 32.3 Å². The van der Waals surface area contributed by atoms with Crippen LogP contribution >= 0.6 is 0 Å². The molecule has 30 heavy (non-hydrogen) atoms. The minimum Gasteiger partial charge on any atom is -0.484 e. The SMILES string of the molecule is O=C(COc1cccnc1)c1ccc(NS(=O)(=O)c2ccc3ccccc3c2)cc1. The molecule has 4 aromatic rings. The second-order valence-corrected chi connectivity index (χ2v) is 8.27. The van der Waals surface area contributed by atoms with Gasteiger partial charge in [-0.05, 0) is 59.3 Å². The Morgan fingerprint density at radius 3 is 2.40 bits per heavy atom. The van der Waals surface area contributed by atoms with Crippen LogP contribution in [0.4, 0.5) is 5.69 Å². The van der Waals surface area contributed by atoms with Crippen LogP contribution < -0.4 is 9.46 Å². The van der Waals surface area contributed by atoms with Crippen LogP contribution in [0.3, 0.4) is 0 Å². The third-order valence-electron chi connectivity index (χ3n) is 4.49. The van der Waals surface area contributed by atoms with Gasteiger partial charge in [-0.3, -0.25) is 14.5 Å². The molecule has 0 aliphatic carbocycles. The first-order valence-corrected chi connectivity index (χ1v) is 10.7. The molecule has 0 atom stereocenters. The summed E-state index contributed by atoms with van der Waals surface area (Å²) in [6.45, 7) is -0.131. The first-order chi connectivity index (χ1) is 14.5. The van der Waals surface area contributed by atoms with E-state index in [0.717, 1.165) is 10.8 Å². The third kappa shape index (κ3) is 4.47. The number of fused-ring (bicyclic) bond motifs is 1. The molecule has 0 bridgehead atoms. The van der Waals surface area contributed by atoms with Crippen molar-refractivity contribution in [2.24, 2.45) is 0 Å². The van der Waals surface area contributed by atoms with Gasteiger partial charge in [-0.15, -0.1) is 0 Å². The number of aromatic nitrogens is 1. The van der Waals surface area contributed by atoms with Crippen LogP contribution in [0.15, 0.2) is 96.2 Å². The molecule has 3 aromatic carbocycles. The van der Waals surface area contributed by atoms with Gasteiger partial charge in [-0.1, -0.05) is 30.3 Å². The summed E-state index contributed by atoms with van der Waals surface area (Å²) in [5.74, 6) is 0.286. The van der Waals surface area contributed by atoms with Gasteiger partial charge in [0.2, 0.25) is 0 Å². The van der Waals surface area contributed by atoms with E-state index in [4.69, 9.17) is 4.74 Å². The number of carbonyl (C=O) groups excluding carboxylic acids is 1. The zero-order valence-electron chi connectivity index (χ0n) is 15.9. The van der Waals surface area contributed by atoms with E-state index in [1.165, 1.54) is 6.20 Å². The molecule has 0 aliphatic heterocycles. The van der Waals surface area contributed by atoms with Crippen LogP contribution in [0, 0.1) is 0 Å². The van der Waals surface area contributed by atoms with Gasteiger partial charge in [-0.25, -0.2) is 8.42 Å². The summed E-state index contributed by atoms with van der Waals surface area (Å²) < 4.78 is 33.4. The Balaban J connectivity index is 1.44. The highest BCUT2D eigenvalue weighted by Gasteiger charge is 2.15. The van der Waals surface area contributed by atoms with E-state index in [2.05, 4.69) is 9.71 Å². The zero-order chi connectivity index (χ0) is 21.0. The Morgan fingerprint density at radius 1 is 0.900 bits per heavy atom. The Labute approximate surface area is 174 Å². The van der Waals surface area contributed by atoms with Crippen molar-refractivity contribution in [3.05, 3.63) is 96.8 Å². The van der Waals surface area contributed by atoms with Gasteiger partial charge in [0.15, 0.2) is 12.4 Å². The first-order valence-electron chi connectivity index (χ1n) is 9.19. The fraction of sp³-hybridized carbons (Fsp3) is 0.0435. The zero-order valence-corrected chi connectivity index (χ0v) is 16.7.